The van der Waals surface area contributed by atoms with E-state index in [4.69, 9.17) is 10.5 Å². The summed E-state index contributed by atoms with van der Waals surface area (Å²) in [5.74, 6) is 0. The van der Waals surface area contributed by atoms with Crippen LogP contribution < -0.4 is 5.73 Å². The van der Waals surface area contributed by atoms with Crippen molar-refractivity contribution in [1.82, 2.24) is 0 Å². The van der Waals surface area contributed by atoms with Crippen LogP contribution in [0.4, 0.5) is 0 Å². The van der Waals surface area contributed by atoms with Crippen molar-refractivity contribution in [1.29, 1.82) is 0 Å². The maximum Gasteiger partial charge on any atom is 0.0626 e. The van der Waals surface area contributed by atoms with Crippen LogP contribution in [-0.2, 0) is 4.74 Å². The van der Waals surface area contributed by atoms with Gasteiger partial charge in [0.05, 0.1) is 6.61 Å². The lowest BCUT2D eigenvalue weighted by atomic mass is 10.2. The molecule has 0 radical (unpaired) electrons. The lowest BCUT2D eigenvalue weighted by molar-refractivity contribution is 0.178. The third-order valence-corrected chi connectivity index (χ3v) is 3.62. The van der Waals surface area contributed by atoms with E-state index in [1.807, 2.05) is 0 Å². The topological polar surface area (TPSA) is 35.2 Å². The third-order valence-electron chi connectivity index (χ3n) is 1.74. The molecule has 1 atom stereocenters. The largest absolute Gasteiger partial charge is 0.383 e. The van der Waals surface area contributed by atoms with Gasteiger partial charge < -0.3 is 10.5 Å². The van der Waals surface area contributed by atoms with E-state index in [0.29, 0.717) is 10.0 Å². The highest BCUT2D eigenvalue weighted by molar-refractivity contribution is 14.1. The molecule has 0 amide bonds. The first kappa shape index (κ1) is 10.9. The molecule has 2 N–H and O–H groups in total. The molecular weight excluding hydrogens is 264 g/mol. The van der Waals surface area contributed by atoms with Crippen molar-refractivity contribution in [3.8, 4) is 0 Å². The molecule has 0 heterocycles. The summed E-state index contributed by atoms with van der Waals surface area (Å²) >= 11 is 2.43. The van der Waals surface area contributed by atoms with E-state index >= 15 is 0 Å². The summed E-state index contributed by atoms with van der Waals surface area (Å²) in [6.07, 6.45) is 2.52. The van der Waals surface area contributed by atoms with Crippen molar-refractivity contribution >= 4 is 35.0 Å². The average molecular weight is 278 g/mol. The summed E-state index contributed by atoms with van der Waals surface area (Å²) in [6, 6.07) is 0.239. The van der Waals surface area contributed by atoms with E-state index in [-0.39, 0.29) is 18.4 Å². The van der Waals surface area contributed by atoms with Crippen LogP contribution in [0.2, 0.25) is 0 Å². The first-order chi connectivity index (χ1) is 4.19. The van der Waals surface area contributed by atoms with Crippen LogP contribution in [0.1, 0.15) is 12.8 Å². The molecule has 4 heteroatoms. The number of rotatable bonds is 3. The summed E-state index contributed by atoms with van der Waals surface area (Å²) in [5.41, 5.74) is 5.79. The second-order valence-corrected chi connectivity index (χ2v) is 4.74. The van der Waals surface area contributed by atoms with Gasteiger partial charge in [-0.3, -0.25) is 0 Å². The SMILES string of the molecule is COC[C@H](N)C1(I)CC1.Cl. The summed E-state index contributed by atoms with van der Waals surface area (Å²) in [6.45, 7) is 0.697. The van der Waals surface area contributed by atoms with Crippen LogP contribution in [-0.4, -0.2) is 23.2 Å². The molecule has 0 spiro atoms. The van der Waals surface area contributed by atoms with Crippen LogP contribution in [0.3, 0.4) is 0 Å². The number of hydrogen-bond donors (Lipinski definition) is 1. The van der Waals surface area contributed by atoms with Crippen molar-refractivity contribution in [2.45, 2.75) is 22.3 Å². The summed E-state index contributed by atoms with van der Waals surface area (Å²) in [7, 11) is 1.70. The lowest BCUT2D eigenvalue weighted by Gasteiger charge is -2.14. The molecule has 0 aliphatic heterocycles. The quantitative estimate of drug-likeness (QED) is 0.624. The smallest absolute Gasteiger partial charge is 0.0626 e. The monoisotopic (exact) mass is 277 g/mol. The molecule has 0 aromatic carbocycles. The zero-order chi connectivity index (χ0) is 6.91. The Morgan fingerprint density at radius 3 is 2.50 bits per heavy atom. The normalized spacial score (nSPS) is 23.1. The minimum atomic E-state index is 0. The van der Waals surface area contributed by atoms with Crippen LogP contribution in [0.25, 0.3) is 0 Å². The van der Waals surface area contributed by atoms with Crippen LogP contribution in [0.15, 0.2) is 0 Å². The van der Waals surface area contributed by atoms with Crippen LogP contribution >= 0.6 is 35.0 Å². The van der Waals surface area contributed by atoms with E-state index in [1.165, 1.54) is 12.8 Å². The molecule has 0 unspecified atom stereocenters. The van der Waals surface area contributed by atoms with E-state index in [2.05, 4.69) is 22.6 Å². The molecule has 0 saturated heterocycles. The number of methoxy groups -OCH3 is 1. The van der Waals surface area contributed by atoms with E-state index in [0.717, 1.165) is 0 Å². The van der Waals surface area contributed by atoms with Crippen molar-refractivity contribution in [3.63, 3.8) is 0 Å². The Morgan fingerprint density at radius 1 is 1.70 bits per heavy atom. The standard InChI is InChI=1S/C6H12INO.ClH/c1-9-4-5(8)6(7)2-3-6;/h5H,2-4,8H2,1H3;1H/t5-;/m0./s1. The van der Waals surface area contributed by atoms with Gasteiger partial charge in [0, 0.05) is 16.6 Å². The molecule has 1 aliphatic rings. The summed E-state index contributed by atoms with van der Waals surface area (Å²) in [4.78, 5) is 0. The number of halogens is 2. The number of hydrogen-bond acceptors (Lipinski definition) is 2. The molecule has 1 rings (SSSR count). The highest BCUT2D eigenvalue weighted by Crippen LogP contribution is 2.47. The maximum absolute atomic E-state index is 5.79. The number of ether oxygens (including phenoxy) is 1. The maximum atomic E-state index is 5.79. The zero-order valence-corrected chi connectivity index (χ0v) is 8.94. The molecule has 1 fully saturated rings. The fraction of sp³-hybridized carbons (Fsp3) is 1.00. The van der Waals surface area contributed by atoms with E-state index in [1.54, 1.807) is 7.11 Å². The van der Waals surface area contributed by atoms with E-state index < -0.39 is 0 Å². The first-order valence-electron chi connectivity index (χ1n) is 3.12. The second-order valence-electron chi connectivity index (χ2n) is 2.60. The van der Waals surface area contributed by atoms with Gasteiger partial charge in [0.2, 0.25) is 0 Å². The molecule has 0 bridgehead atoms. The van der Waals surface area contributed by atoms with Gasteiger partial charge in [0.1, 0.15) is 0 Å². The second kappa shape index (κ2) is 4.09. The number of alkyl halides is 1. The molecule has 2 nitrogen and oxygen atoms in total. The fourth-order valence-corrected chi connectivity index (χ4v) is 1.27. The Morgan fingerprint density at radius 2 is 2.20 bits per heavy atom. The van der Waals surface area contributed by atoms with Gasteiger partial charge in [-0.2, -0.15) is 0 Å². The summed E-state index contributed by atoms with van der Waals surface area (Å²) < 4.78 is 5.32. The first-order valence-corrected chi connectivity index (χ1v) is 4.20. The molecule has 62 valence electrons. The van der Waals surface area contributed by atoms with Crippen LogP contribution in [0, 0.1) is 0 Å². The van der Waals surface area contributed by atoms with Gasteiger partial charge in [-0.05, 0) is 12.8 Å². The van der Waals surface area contributed by atoms with Gasteiger partial charge in [-0.1, -0.05) is 22.6 Å². The zero-order valence-electron chi connectivity index (χ0n) is 5.97. The third kappa shape index (κ3) is 2.53. The Bertz CT molecular complexity index is 108. The predicted octanol–water partition coefficient (Wildman–Crippen LogP) is 1.35. The molecule has 0 aromatic rings. The fourth-order valence-electron chi connectivity index (χ4n) is 0.819. The predicted molar refractivity (Wildman–Crippen MR) is 53.1 cm³/mol. The molecule has 10 heavy (non-hydrogen) atoms. The molecular formula is C6H13ClINO. The summed E-state index contributed by atoms with van der Waals surface area (Å²) in [5, 5.41) is 0. The lowest BCUT2D eigenvalue weighted by Crippen LogP contribution is -2.36. The van der Waals surface area contributed by atoms with Gasteiger partial charge in [-0.25, -0.2) is 0 Å². The minimum absolute atomic E-state index is 0. The highest BCUT2D eigenvalue weighted by atomic mass is 127. The average Bonchev–Trinajstić information content (AvgIpc) is 2.50. The number of nitrogens with two attached hydrogens (primary N) is 1. The van der Waals surface area contributed by atoms with Crippen LogP contribution in [0.5, 0.6) is 0 Å². The van der Waals surface area contributed by atoms with Crippen molar-refractivity contribution in [2.24, 2.45) is 5.73 Å². The Balaban J connectivity index is 0.000000810. The van der Waals surface area contributed by atoms with Gasteiger partial charge in [0.25, 0.3) is 0 Å². The van der Waals surface area contributed by atoms with Gasteiger partial charge >= 0.3 is 0 Å². The van der Waals surface area contributed by atoms with Gasteiger partial charge in [-0.15, -0.1) is 12.4 Å². The Labute approximate surface area is 81.4 Å². The Hall–Kier alpha value is 0.940. The highest BCUT2D eigenvalue weighted by Gasteiger charge is 2.45. The van der Waals surface area contributed by atoms with E-state index in [9.17, 15) is 0 Å². The Kier molecular flexibility index (Phi) is 4.47. The molecule has 1 aliphatic carbocycles. The van der Waals surface area contributed by atoms with Crippen molar-refractivity contribution < 1.29 is 4.74 Å². The van der Waals surface area contributed by atoms with Gasteiger partial charge in [0.15, 0.2) is 0 Å². The minimum Gasteiger partial charge on any atom is -0.383 e. The van der Waals surface area contributed by atoms with Crippen molar-refractivity contribution in [3.05, 3.63) is 0 Å². The van der Waals surface area contributed by atoms with Crippen molar-refractivity contribution in [2.75, 3.05) is 13.7 Å². The molecule has 1 saturated carbocycles. The molecule has 0 aromatic heterocycles.